The zero-order valence-electron chi connectivity index (χ0n) is 17.3. The van der Waals surface area contributed by atoms with Gasteiger partial charge in [0.25, 0.3) is 0 Å². The van der Waals surface area contributed by atoms with E-state index in [2.05, 4.69) is 5.32 Å². The van der Waals surface area contributed by atoms with E-state index in [1.54, 1.807) is 17.0 Å². The van der Waals surface area contributed by atoms with Crippen molar-refractivity contribution in [3.05, 3.63) is 30.5 Å². The number of carbonyl (C=O) groups is 2. The zero-order valence-corrected chi connectivity index (χ0v) is 17.3. The third kappa shape index (κ3) is 4.96. The fraction of sp³-hybridized carbons (Fsp3) is 0.545. The van der Waals surface area contributed by atoms with Gasteiger partial charge in [0.2, 0.25) is 11.8 Å². The molecular weight excluding hydrogens is 395 g/mol. The van der Waals surface area contributed by atoms with E-state index in [0.29, 0.717) is 31.6 Å². The number of nitrogens with zero attached hydrogens (tertiary/aromatic N) is 2. The van der Waals surface area contributed by atoms with Crippen molar-refractivity contribution in [1.82, 2.24) is 9.47 Å². The first-order valence-corrected chi connectivity index (χ1v) is 10.5. The summed E-state index contributed by atoms with van der Waals surface area (Å²) >= 11 is 0. The van der Waals surface area contributed by atoms with Crippen LogP contribution in [0.2, 0.25) is 0 Å². The standard InChI is InChI=1S/C22H28F3N3O2/c1-3-27(4-2)20(29)14-28-11-10-15-13-18(8-9-19(15)28)26-21(30)16-6-5-7-17(12-16)22(23,24)25/h8-11,13,16-17H,3-7,12,14H2,1-2H3,(H,26,30). The largest absolute Gasteiger partial charge is 0.391 e. The van der Waals surface area contributed by atoms with Crippen LogP contribution in [-0.4, -0.2) is 40.5 Å². The highest BCUT2D eigenvalue weighted by Crippen LogP contribution is 2.40. The molecule has 1 aliphatic carbocycles. The molecule has 164 valence electrons. The Labute approximate surface area is 174 Å². The number of amides is 2. The van der Waals surface area contributed by atoms with Gasteiger partial charge in [0.05, 0.1) is 5.92 Å². The molecule has 1 saturated carbocycles. The molecule has 1 aromatic heterocycles. The molecule has 0 bridgehead atoms. The van der Waals surface area contributed by atoms with Crippen LogP contribution in [0.3, 0.4) is 0 Å². The van der Waals surface area contributed by atoms with Gasteiger partial charge < -0.3 is 14.8 Å². The molecule has 8 heteroatoms. The molecule has 2 atom stereocenters. The summed E-state index contributed by atoms with van der Waals surface area (Å²) in [6.45, 7) is 5.42. The van der Waals surface area contributed by atoms with E-state index >= 15 is 0 Å². The molecule has 1 aromatic carbocycles. The van der Waals surface area contributed by atoms with Gasteiger partial charge in [-0.15, -0.1) is 0 Å². The number of rotatable bonds is 6. The monoisotopic (exact) mass is 423 g/mol. The molecule has 0 aliphatic heterocycles. The minimum Gasteiger partial charge on any atom is -0.342 e. The first kappa shape index (κ1) is 22.2. The number of alkyl halides is 3. The van der Waals surface area contributed by atoms with Crippen LogP contribution in [-0.2, 0) is 16.1 Å². The highest BCUT2D eigenvalue weighted by Gasteiger charge is 2.43. The summed E-state index contributed by atoms with van der Waals surface area (Å²) < 4.78 is 40.9. The molecule has 0 spiro atoms. The Bertz CT molecular complexity index is 903. The SMILES string of the molecule is CCN(CC)C(=O)Cn1ccc2cc(NC(=O)C3CCCC(C(F)(F)F)C3)ccc21. The Hall–Kier alpha value is -2.51. The van der Waals surface area contributed by atoms with Crippen LogP contribution in [0.5, 0.6) is 0 Å². The lowest BCUT2D eigenvalue weighted by Gasteiger charge is -2.29. The van der Waals surface area contributed by atoms with E-state index in [0.717, 1.165) is 10.9 Å². The van der Waals surface area contributed by atoms with Crippen LogP contribution >= 0.6 is 0 Å². The Morgan fingerprint density at radius 2 is 1.90 bits per heavy atom. The number of nitrogens with one attached hydrogen (secondary N) is 1. The van der Waals surface area contributed by atoms with Crippen molar-refractivity contribution >= 4 is 28.4 Å². The number of fused-ring (bicyclic) bond motifs is 1. The van der Waals surface area contributed by atoms with Gasteiger partial charge in [0, 0.05) is 41.8 Å². The van der Waals surface area contributed by atoms with Crippen molar-refractivity contribution in [1.29, 1.82) is 0 Å². The third-order valence-corrected chi connectivity index (χ3v) is 5.97. The van der Waals surface area contributed by atoms with Gasteiger partial charge in [-0.1, -0.05) is 6.42 Å². The molecule has 1 N–H and O–H groups in total. The third-order valence-electron chi connectivity index (χ3n) is 5.97. The minimum absolute atomic E-state index is 0.0337. The molecule has 0 radical (unpaired) electrons. The summed E-state index contributed by atoms with van der Waals surface area (Å²) in [5.74, 6) is -2.36. The highest BCUT2D eigenvalue weighted by atomic mass is 19.4. The molecule has 5 nitrogen and oxygen atoms in total. The average Bonchev–Trinajstić information content (AvgIpc) is 3.10. The van der Waals surface area contributed by atoms with E-state index < -0.39 is 18.0 Å². The molecule has 1 fully saturated rings. The van der Waals surface area contributed by atoms with Crippen LogP contribution in [0.1, 0.15) is 39.5 Å². The van der Waals surface area contributed by atoms with E-state index in [1.165, 1.54) is 0 Å². The molecule has 2 unspecified atom stereocenters. The summed E-state index contributed by atoms with van der Waals surface area (Å²) in [7, 11) is 0. The van der Waals surface area contributed by atoms with Crippen molar-refractivity contribution in [2.24, 2.45) is 11.8 Å². The smallest absolute Gasteiger partial charge is 0.342 e. The van der Waals surface area contributed by atoms with E-state index in [4.69, 9.17) is 0 Å². The van der Waals surface area contributed by atoms with Gasteiger partial charge in [-0.2, -0.15) is 13.2 Å². The number of aromatic nitrogens is 1. The number of carbonyl (C=O) groups excluding carboxylic acids is 2. The van der Waals surface area contributed by atoms with Crippen molar-refractivity contribution in [2.75, 3.05) is 18.4 Å². The first-order chi connectivity index (χ1) is 14.2. The predicted octanol–water partition coefficient (Wildman–Crippen LogP) is 4.82. The molecule has 2 aromatic rings. The van der Waals surface area contributed by atoms with Gasteiger partial charge in [0.1, 0.15) is 6.54 Å². The second-order valence-corrected chi connectivity index (χ2v) is 7.87. The van der Waals surface area contributed by atoms with E-state index in [-0.39, 0.29) is 31.2 Å². The van der Waals surface area contributed by atoms with Crippen molar-refractivity contribution < 1.29 is 22.8 Å². The lowest BCUT2D eigenvalue weighted by Crippen LogP contribution is -2.34. The normalized spacial score (nSPS) is 19.6. The molecule has 3 rings (SSSR count). The Morgan fingerprint density at radius 3 is 2.57 bits per heavy atom. The topological polar surface area (TPSA) is 54.3 Å². The molecular formula is C22H28F3N3O2. The van der Waals surface area contributed by atoms with Gasteiger partial charge in [-0.25, -0.2) is 0 Å². The second-order valence-electron chi connectivity index (χ2n) is 7.87. The molecule has 2 amide bonds. The summed E-state index contributed by atoms with van der Waals surface area (Å²) in [6.07, 6.45) is -1.59. The zero-order chi connectivity index (χ0) is 21.9. The van der Waals surface area contributed by atoms with E-state index in [1.807, 2.05) is 36.7 Å². The number of hydrogen-bond acceptors (Lipinski definition) is 2. The van der Waals surface area contributed by atoms with Crippen LogP contribution in [0.15, 0.2) is 30.5 Å². The maximum Gasteiger partial charge on any atom is 0.391 e. The van der Waals surface area contributed by atoms with Crippen LogP contribution < -0.4 is 5.32 Å². The highest BCUT2D eigenvalue weighted by molar-refractivity contribution is 5.95. The molecule has 0 saturated heterocycles. The summed E-state index contributed by atoms with van der Waals surface area (Å²) in [6, 6.07) is 7.19. The first-order valence-electron chi connectivity index (χ1n) is 10.5. The Morgan fingerprint density at radius 1 is 1.17 bits per heavy atom. The van der Waals surface area contributed by atoms with Crippen LogP contribution in [0, 0.1) is 11.8 Å². The van der Waals surface area contributed by atoms with Gasteiger partial charge >= 0.3 is 6.18 Å². The number of benzene rings is 1. The fourth-order valence-corrected chi connectivity index (χ4v) is 4.21. The number of likely N-dealkylation sites (N-methyl/N-ethyl adjacent to an activating group) is 1. The number of hydrogen-bond donors (Lipinski definition) is 1. The van der Waals surface area contributed by atoms with Crippen LogP contribution in [0.25, 0.3) is 10.9 Å². The maximum atomic E-state index is 13.0. The lowest BCUT2D eigenvalue weighted by atomic mass is 9.80. The van der Waals surface area contributed by atoms with Crippen molar-refractivity contribution in [3.8, 4) is 0 Å². The summed E-state index contributed by atoms with van der Waals surface area (Å²) in [4.78, 5) is 26.7. The fourth-order valence-electron chi connectivity index (χ4n) is 4.21. The quantitative estimate of drug-likeness (QED) is 0.725. The van der Waals surface area contributed by atoms with Crippen molar-refractivity contribution in [2.45, 2.75) is 52.3 Å². The molecule has 1 heterocycles. The average molecular weight is 423 g/mol. The summed E-state index contributed by atoms with van der Waals surface area (Å²) in [5.41, 5.74) is 1.41. The number of anilines is 1. The number of halogens is 3. The molecule has 30 heavy (non-hydrogen) atoms. The Balaban J connectivity index is 1.68. The van der Waals surface area contributed by atoms with Gasteiger partial charge in [-0.3, -0.25) is 9.59 Å². The van der Waals surface area contributed by atoms with Crippen LogP contribution in [0.4, 0.5) is 18.9 Å². The minimum atomic E-state index is -4.25. The predicted molar refractivity (Wildman–Crippen MR) is 110 cm³/mol. The van der Waals surface area contributed by atoms with Gasteiger partial charge in [0.15, 0.2) is 0 Å². The maximum absolute atomic E-state index is 13.0. The Kier molecular flexibility index (Phi) is 6.73. The second kappa shape index (κ2) is 9.10. The van der Waals surface area contributed by atoms with Gasteiger partial charge in [-0.05, 0) is 57.4 Å². The van der Waals surface area contributed by atoms with E-state index in [9.17, 15) is 22.8 Å². The summed E-state index contributed by atoms with van der Waals surface area (Å²) in [5, 5.41) is 3.63. The molecule has 1 aliphatic rings. The van der Waals surface area contributed by atoms with Crippen molar-refractivity contribution in [3.63, 3.8) is 0 Å². The lowest BCUT2D eigenvalue weighted by molar-refractivity contribution is -0.185.